The van der Waals surface area contributed by atoms with E-state index in [1.807, 2.05) is 0 Å². The van der Waals surface area contributed by atoms with Crippen LogP contribution in [0.3, 0.4) is 0 Å². The molecule has 9 heteroatoms. The molecule has 0 radical (unpaired) electrons. The minimum absolute atomic E-state index is 0.00207. The monoisotopic (exact) mass is 512 g/mol. The average Bonchev–Trinajstić information content (AvgIpc) is 3.39. The summed E-state index contributed by atoms with van der Waals surface area (Å²) >= 11 is 6.06. The minimum Gasteiger partial charge on any atom is -0.456 e. The van der Waals surface area contributed by atoms with Crippen LogP contribution in [0.5, 0.6) is 0 Å². The number of ether oxygens (including phenoxy) is 1. The third-order valence-electron chi connectivity index (χ3n) is 7.00. The molecular weight excluding hydrogens is 495 g/mol. The first-order chi connectivity index (χ1) is 17.9. The maximum absolute atomic E-state index is 14.6. The number of cyclic esters (lactones) is 1. The molecule has 0 fully saturated rings. The summed E-state index contributed by atoms with van der Waals surface area (Å²) in [4.78, 5) is 30.7. The summed E-state index contributed by atoms with van der Waals surface area (Å²) in [6.45, 7) is -0.234. The topological polar surface area (TPSA) is 99.7 Å². The summed E-state index contributed by atoms with van der Waals surface area (Å²) in [6, 6.07) is 21.8. The molecule has 0 aliphatic carbocycles. The number of halogens is 2. The van der Waals surface area contributed by atoms with Gasteiger partial charge in [0.25, 0.3) is 0 Å². The van der Waals surface area contributed by atoms with Crippen LogP contribution >= 0.6 is 11.6 Å². The number of anilines is 2. The van der Waals surface area contributed by atoms with Crippen molar-refractivity contribution in [2.75, 3.05) is 16.4 Å². The van der Waals surface area contributed by atoms with Crippen LogP contribution in [0.4, 0.5) is 15.8 Å². The Kier molecular flexibility index (Phi) is 5.07. The van der Waals surface area contributed by atoms with Crippen LogP contribution in [0.25, 0.3) is 0 Å². The van der Waals surface area contributed by atoms with E-state index in [2.05, 4.69) is 6.07 Å². The Morgan fingerprint density at radius 2 is 1.76 bits per heavy atom. The summed E-state index contributed by atoms with van der Waals surface area (Å²) in [5.74, 6) is -1.76. The van der Waals surface area contributed by atoms with Crippen molar-refractivity contribution < 1.29 is 18.7 Å². The van der Waals surface area contributed by atoms with Gasteiger partial charge in [0.15, 0.2) is 0 Å². The predicted molar refractivity (Wildman–Crippen MR) is 134 cm³/mol. The molecule has 1 amide bonds. The van der Waals surface area contributed by atoms with Crippen molar-refractivity contribution in [2.24, 2.45) is 5.73 Å². The van der Waals surface area contributed by atoms with Gasteiger partial charge in [0, 0.05) is 27.5 Å². The first-order valence-corrected chi connectivity index (χ1v) is 11.8. The van der Waals surface area contributed by atoms with Crippen molar-refractivity contribution in [1.29, 1.82) is 5.26 Å². The number of rotatable bonds is 3. The molecule has 0 saturated heterocycles. The molecule has 3 aromatic rings. The van der Waals surface area contributed by atoms with Gasteiger partial charge in [0.2, 0.25) is 5.91 Å². The van der Waals surface area contributed by atoms with Crippen molar-refractivity contribution in [2.45, 2.75) is 12.0 Å². The minimum atomic E-state index is -1.83. The second-order valence-corrected chi connectivity index (χ2v) is 9.27. The summed E-state index contributed by atoms with van der Waals surface area (Å²) < 4.78 is 20.0. The standard InChI is InChI=1S/C28H18ClFN4O3/c29-17-9-11-18(12-10-17)34-23-15-37-26(35)24(23)28(20(13-31)25(34)32)19-6-2-4-8-22(19)33(27(28)36)14-16-5-1-3-7-21(16)30/h1-12H,14-15,32H2/t28-/m0/s1. The maximum atomic E-state index is 14.6. The highest BCUT2D eigenvalue weighted by Crippen LogP contribution is 2.56. The number of fused-ring (bicyclic) bond motifs is 3. The molecule has 3 aromatic carbocycles. The number of benzene rings is 3. The zero-order chi connectivity index (χ0) is 25.9. The summed E-state index contributed by atoms with van der Waals surface area (Å²) in [5, 5.41) is 10.9. The molecule has 0 saturated carbocycles. The number of hydrogen-bond donors (Lipinski definition) is 1. The van der Waals surface area contributed by atoms with Crippen molar-refractivity contribution in [3.63, 3.8) is 0 Å². The molecule has 3 heterocycles. The van der Waals surface area contributed by atoms with Gasteiger partial charge < -0.3 is 15.4 Å². The fourth-order valence-electron chi connectivity index (χ4n) is 5.43. The number of hydrogen-bond acceptors (Lipinski definition) is 6. The molecule has 3 aliphatic rings. The second kappa shape index (κ2) is 8.22. The number of carbonyl (C=O) groups is 2. The van der Waals surface area contributed by atoms with E-state index < -0.39 is 23.1 Å². The number of para-hydroxylation sites is 1. The fraction of sp³-hybridized carbons (Fsp3) is 0.107. The van der Waals surface area contributed by atoms with Crippen LogP contribution in [0.1, 0.15) is 11.1 Å². The van der Waals surface area contributed by atoms with E-state index in [0.717, 1.165) is 0 Å². The largest absolute Gasteiger partial charge is 0.456 e. The highest BCUT2D eigenvalue weighted by molar-refractivity contribution is 6.30. The number of nitriles is 1. The van der Waals surface area contributed by atoms with E-state index in [1.165, 1.54) is 11.0 Å². The van der Waals surface area contributed by atoms with E-state index in [1.54, 1.807) is 71.6 Å². The van der Waals surface area contributed by atoms with Gasteiger partial charge in [-0.2, -0.15) is 5.26 Å². The molecule has 1 spiro atoms. The molecule has 1 atom stereocenters. The number of nitrogens with two attached hydrogens (primary N) is 1. The van der Waals surface area contributed by atoms with Crippen LogP contribution in [-0.4, -0.2) is 18.5 Å². The van der Waals surface area contributed by atoms with Crippen LogP contribution in [0.2, 0.25) is 5.02 Å². The summed E-state index contributed by atoms with van der Waals surface area (Å²) in [6.07, 6.45) is 0. The van der Waals surface area contributed by atoms with Crippen molar-refractivity contribution in [3.05, 3.63) is 117 Å². The van der Waals surface area contributed by atoms with E-state index in [4.69, 9.17) is 22.1 Å². The van der Waals surface area contributed by atoms with Crippen molar-refractivity contribution in [1.82, 2.24) is 0 Å². The van der Waals surface area contributed by atoms with E-state index in [-0.39, 0.29) is 30.1 Å². The van der Waals surface area contributed by atoms with Gasteiger partial charge in [-0.3, -0.25) is 9.69 Å². The van der Waals surface area contributed by atoms with Crippen LogP contribution in [0, 0.1) is 17.1 Å². The molecule has 182 valence electrons. The zero-order valence-corrected chi connectivity index (χ0v) is 20.0. The Labute approximate surface area is 216 Å². The highest BCUT2D eigenvalue weighted by atomic mass is 35.5. The van der Waals surface area contributed by atoms with Gasteiger partial charge in [-0.25, -0.2) is 9.18 Å². The lowest BCUT2D eigenvalue weighted by Crippen LogP contribution is -2.50. The Morgan fingerprint density at radius 1 is 1.05 bits per heavy atom. The van der Waals surface area contributed by atoms with Crippen LogP contribution in [-0.2, 0) is 26.3 Å². The number of nitrogens with zero attached hydrogens (tertiary/aromatic N) is 3. The Balaban J connectivity index is 1.61. The van der Waals surface area contributed by atoms with Gasteiger partial charge in [0.05, 0.1) is 23.4 Å². The quantitative estimate of drug-likeness (QED) is 0.526. The Hall–Kier alpha value is -4.61. The fourth-order valence-corrected chi connectivity index (χ4v) is 5.56. The third-order valence-corrected chi connectivity index (χ3v) is 7.25. The van der Waals surface area contributed by atoms with E-state index in [9.17, 15) is 19.2 Å². The lowest BCUT2D eigenvalue weighted by molar-refractivity contribution is -0.137. The molecule has 2 N–H and O–H groups in total. The lowest BCUT2D eigenvalue weighted by atomic mass is 9.67. The zero-order valence-electron chi connectivity index (χ0n) is 19.2. The molecule has 6 rings (SSSR count). The normalized spacial score (nSPS) is 20.4. The number of carbonyl (C=O) groups excluding carboxylic acids is 2. The first-order valence-electron chi connectivity index (χ1n) is 11.4. The SMILES string of the molecule is N#CC1=C(N)N(c2ccc(Cl)cc2)C2=C(C(=O)OC2)[C@@]12C(=O)N(Cc1ccccc1F)c1ccccc12. The second-order valence-electron chi connectivity index (χ2n) is 8.83. The van der Waals surface area contributed by atoms with Gasteiger partial charge in [-0.1, -0.05) is 48.0 Å². The van der Waals surface area contributed by atoms with Gasteiger partial charge in [-0.05, 0) is 36.4 Å². The van der Waals surface area contributed by atoms with E-state index in [0.29, 0.717) is 33.2 Å². The Bertz CT molecular complexity index is 1610. The van der Waals surface area contributed by atoms with Crippen molar-refractivity contribution >= 4 is 34.9 Å². The molecular formula is C28H18ClFN4O3. The number of esters is 1. The number of amides is 1. The average molecular weight is 513 g/mol. The molecule has 3 aliphatic heterocycles. The van der Waals surface area contributed by atoms with Gasteiger partial charge >= 0.3 is 5.97 Å². The predicted octanol–water partition coefficient (Wildman–Crippen LogP) is 4.29. The maximum Gasteiger partial charge on any atom is 0.338 e. The highest BCUT2D eigenvalue weighted by Gasteiger charge is 2.64. The van der Waals surface area contributed by atoms with Gasteiger partial charge in [-0.15, -0.1) is 0 Å². The molecule has 0 unspecified atom stereocenters. The first kappa shape index (κ1) is 22.8. The smallest absolute Gasteiger partial charge is 0.338 e. The van der Waals surface area contributed by atoms with Crippen LogP contribution in [0.15, 0.2) is 95.5 Å². The molecule has 37 heavy (non-hydrogen) atoms. The third kappa shape index (κ3) is 3.04. The van der Waals surface area contributed by atoms with E-state index >= 15 is 0 Å². The lowest BCUT2D eigenvalue weighted by Gasteiger charge is -2.38. The summed E-state index contributed by atoms with van der Waals surface area (Å²) in [7, 11) is 0. The van der Waals surface area contributed by atoms with Gasteiger partial charge in [0.1, 0.15) is 29.7 Å². The van der Waals surface area contributed by atoms with Crippen LogP contribution < -0.4 is 15.5 Å². The Morgan fingerprint density at radius 3 is 2.49 bits per heavy atom. The summed E-state index contributed by atoms with van der Waals surface area (Å²) in [5.41, 5.74) is 6.80. The molecule has 7 nitrogen and oxygen atoms in total. The van der Waals surface area contributed by atoms with Crippen molar-refractivity contribution in [3.8, 4) is 6.07 Å². The molecule has 0 bridgehead atoms. The molecule has 0 aromatic heterocycles.